The number of hydrogen-bond donors (Lipinski definition) is 0. The van der Waals surface area contributed by atoms with Crippen LogP contribution in [0.2, 0.25) is 0 Å². The SMILES string of the molecule is CC(C)(C)c1cc(Oc2[c-]c3c(cc2)c2ccccc2n3-c2cc(C(C)(C)c3ccccc3)ccn2)[c-]c(N2[CH-]N(c3cc(-c4ccccc4)cc(C(C)(C)C)c3)c3ccc(C(C)(C)C)cc32)c1.[Pt]. The number of nitrogens with zero attached hydrogens (tertiary/aromatic N) is 4. The molecule has 1 aliphatic heterocycles. The molecule has 10 rings (SSSR count). The molecule has 7 aromatic carbocycles. The third kappa shape index (κ3) is 9.15. The van der Waals surface area contributed by atoms with Gasteiger partial charge in [-0.1, -0.05) is 173 Å². The van der Waals surface area contributed by atoms with Crippen LogP contribution in [0.3, 0.4) is 0 Å². The van der Waals surface area contributed by atoms with Crippen molar-refractivity contribution in [2.75, 3.05) is 9.80 Å². The zero-order chi connectivity index (χ0) is 47.8. The molecule has 3 heterocycles. The first-order valence-electron chi connectivity index (χ1n) is 23.9. The predicted octanol–water partition coefficient (Wildman–Crippen LogP) is 16.9. The second-order valence-corrected chi connectivity index (χ2v) is 22.0. The predicted molar refractivity (Wildman–Crippen MR) is 284 cm³/mol. The maximum Gasteiger partial charge on any atom is 0.135 e. The minimum absolute atomic E-state index is 0. The van der Waals surface area contributed by atoms with Gasteiger partial charge in [0.1, 0.15) is 5.82 Å². The van der Waals surface area contributed by atoms with Gasteiger partial charge >= 0.3 is 0 Å². The van der Waals surface area contributed by atoms with Crippen molar-refractivity contribution >= 4 is 44.6 Å². The van der Waals surface area contributed by atoms with Gasteiger partial charge < -0.3 is 19.1 Å². The first-order chi connectivity index (χ1) is 32.3. The van der Waals surface area contributed by atoms with E-state index in [9.17, 15) is 0 Å². The van der Waals surface area contributed by atoms with E-state index in [1.165, 1.54) is 33.4 Å². The normalized spacial score (nSPS) is 13.2. The Morgan fingerprint density at radius 1 is 0.478 bits per heavy atom. The molecule has 0 N–H and O–H groups in total. The summed E-state index contributed by atoms with van der Waals surface area (Å²) >= 11 is 0. The quantitative estimate of drug-likeness (QED) is 0.142. The van der Waals surface area contributed by atoms with Crippen molar-refractivity contribution in [1.29, 1.82) is 0 Å². The first kappa shape index (κ1) is 47.6. The molecule has 0 radical (unpaired) electrons. The van der Waals surface area contributed by atoms with Gasteiger partial charge in [-0.15, -0.1) is 53.6 Å². The van der Waals surface area contributed by atoms with Gasteiger partial charge in [0.15, 0.2) is 0 Å². The summed E-state index contributed by atoms with van der Waals surface area (Å²) in [6, 6.07) is 64.2. The number of para-hydroxylation sites is 1. The molecule has 69 heavy (non-hydrogen) atoms. The minimum Gasteiger partial charge on any atom is -0.509 e. The van der Waals surface area contributed by atoms with E-state index in [0.717, 1.165) is 55.9 Å². The zero-order valence-corrected chi connectivity index (χ0v) is 44.0. The molecule has 0 fully saturated rings. The molecular weight excluding hydrogens is 1020 g/mol. The van der Waals surface area contributed by atoms with E-state index in [-0.39, 0.29) is 42.7 Å². The number of hydrogen-bond acceptors (Lipinski definition) is 4. The number of anilines is 4. The number of pyridine rings is 1. The molecular formula is C63H61N4OPt-3. The van der Waals surface area contributed by atoms with Crippen LogP contribution < -0.4 is 14.5 Å². The summed E-state index contributed by atoms with van der Waals surface area (Å²) in [7, 11) is 0. The van der Waals surface area contributed by atoms with E-state index in [4.69, 9.17) is 9.72 Å². The summed E-state index contributed by atoms with van der Waals surface area (Å²) in [5, 5.41) is 2.22. The Hall–Kier alpha value is -6.42. The van der Waals surface area contributed by atoms with Crippen molar-refractivity contribution in [3.8, 4) is 28.4 Å². The Kier molecular flexibility index (Phi) is 12.3. The molecule has 0 unspecified atom stereocenters. The third-order valence-corrected chi connectivity index (χ3v) is 13.7. The average molecular weight is 1090 g/mol. The second kappa shape index (κ2) is 17.8. The summed E-state index contributed by atoms with van der Waals surface area (Å²) in [4.78, 5) is 9.61. The summed E-state index contributed by atoms with van der Waals surface area (Å²) in [5.41, 5.74) is 14.1. The van der Waals surface area contributed by atoms with E-state index in [1.807, 2.05) is 12.3 Å². The molecule has 352 valence electrons. The van der Waals surface area contributed by atoms with E-state index in [2.05, 4.69) is 261 Å². The number of benzene rings is 7. The molecule has 0 bridgehead atoms. The molecule has 0 spiro atoms. The number of aromatic nitrogens is 2. The monoisotopic (exact) mass is 1080 g/mol. The molecule has 1 aliphatic rings. The smallest absolute Gasteiger partial charge is 0.135 e. The number of fused-ring (bicyclic) bond motifs is 4. The molecule has 0 saturated heterocycles. The van der Waals surface area contributed by atoms with Crippen molar-refractivity contribution < 1.29 is 25.8 Å². The van der Waals surface area contributed by atoms with E-state index >= 15 is 0 Å². The van der Waals surface area contributed by atoms with E-state index in [0.29, 0.717) is 11.5 Å². The second-order valence-electron chi connectivity index (χ2n) is 22.0. The van der Waals surface area contributed by atoms with Crippen LogP contribution in [0.5, 0.6) is 11.5 Å². The van der Waals surface area contributed by atoms with Crippen LogP contribution in [0.4, 0.5) is 22.7 Å². The van der Waals surface area contributed by atoms with Crippen LogP contribution in [-0.2, 0) is 42.7 Å². The summed E-state index contributed by atoms with van der Waals surface area (Å²) < 4.78 is 9.16. The summed E-state index contributed by atoms with van der Waals surface area (Å²) in [5.74, 6) is 2.06. The molecule has 0 amide bonds. The van der Waals surface area contributed by atoms with Crippen LogP contribution in [0.1, 0.15) is 104 Å². The van der Waals surface area contributed by atoms with E-state index in [1.54, 1.807) is 0 Å². The Balaban J connectivity index is 0.00000593. The van der Waals surface area contributed by atoms with Crippen molar-refractivity contribution in [1.82, 2.24) is 9.55 Å². The molecule has 2 aromatic heterocycles. The summed E-state index contributed by atoms with van der Waals surface area (Å²) in [6.07, 6.45) is 1.92. The van der Waals surface area contributed by atoms with Crippen LogP contribution in [0, 0.1) is 18.8 Å². The molecule has 0 saturated carbocycles. The molecule has 5 nitrogen and oxygen atoms in total. The van der Waals surface area contributed by atoms with Gasteiger partial charge in [0.05, 0.1) is 0 Å². The minimum atomic E-state index is -0.235. The molecule has 9 aromatic rings. The van der Waals surface area contributed by atoms with Crippen LogP contribution >= 0.6 is 0 Å². The largest absolute Gasteiger partial charge is 0.509 e. The van der Waals surface area contributed by atoms with Crippen LogP contribution in [0.15, 0.2) is 164 Å². The fraction of sp³-hybridized carbons (Fsp3) is 0.238. The molecule has 0 atom stereocenters. The van der Waals surface area contributed by atoms with Gasteiger partial charge in [-0.2, -0.15) is 6.07 Å². The maximum absolute atomic E-state index is 6.94. The third-order valence-electron chi connectivity index (χ3n) is 13.7. The van der Waals surface area contributed by atoms with Gasteiger partial charge in [-0.3, -0.25) is 0 Å². The van der Waals surface area contributed by atoms with Gasteiger partial charge in [-0.25, -0.2) is 4.98 Å². The molecule has 0 aliphatic carbocycles. The van der Waals surface area contributed by atoms with Gasteiger partial charge in [-0.05, 0) is 97.5 Å². The topological polar surface area (TPSA) is 33.5 Å². The first-order valence-corrected chi connectivity index (χ1v) is 23.9. The standard InChI is InChI=1S/C63H61N4O.Pt/c1-60(2,3)45-26-29-56-58(37-45)66(41-65(56)49-33-43(42-20-14-12-15-21-42)32-47(34-49)61(4,5)6)50-35-48(62(7,8)9)36-52(39-50)68-51-27-28-54-53-24-18-19-25-55(53)67(57(54)40-51)59-38-46(30-31-64-59)63(10,11)44-22-16-13-17-23-44;/h12-38,41H,1-11H3;/q-3;. The van der Waals surface area contributed by atoms with Crippen molar-refractivity contribution in [2.45, 2.75) is 97.8 Å². The Bertz CT molecular complexity index is 3330. The Labute approximate surface area is 424 Å². The van der Waals surface area contributed by atoms with Gasteiger partial charge in [0, 0.05) is 66.8 Å². The van der Waals surface area contributed by atoms with Crippen molar-refractivity contribution in [3.63, 3.8) is 0 Å². The van der Waals surface area contributed by atoms with Crippen LogP contribution in [0.25, 0.3) is 38.8 Å². The Morgan fingerprint density at radius 2 is 1.14 bits per heavy atom. The van der Waals surface area contributed by atoms with Gasteiger partial charge in [0.2, 0.25) is 0 Å². The fourth-order valence-electron chi connectivity index (χ4n) is 9.39. The number of ether oxygens (including phenoxy) is 1. The maximum atomic E-state index is 6.94. The van der Waals surface area contributed by atoms with Gasteiger partial charge in [0.25, 0.3) is 0 Å². The average Bonchev–Trinajstić information content (AvgIpc) is 3.87. The number of rotatable bonds is 8. The van der Waals surface area contributed by atoms with Crippen molar-refractivity contribution in [3.05, 3.63) is 211 Å². The fourth-order valence-corrected chi connectivity index (χ4v) is 9.39. The summed E-state index contributed by atoms with van der Waals surface area (Å²) in [6.45, 7) is 27.2. The van der Waals surface area contributed by atoms with Crippen molar-refractivity contribution in [2.24, 2.45) is 0 Å². The molecule has 6 heteroatoms. The zero-order valence-electron chi connectivity index (χ0n) is 41.7. The van der Waals surface area contributed by atoms with Crippen LogP contribution in [-0.4, -0.2) is 9.55 Å². The van der Waals surface area contributed by atoms with E-state index < -0.39 is 0 Å². The Morgan fingerprint density at radius 3 is 1.86 bits per heavy atom.